The third kappa shape index (κ3) is 3.34. The predicted octanol–water partition coefficient (Wildman–Crippen LogP) is 4.30. The molecule has 0 saturated carbocycles. The number of ketones is 1. The van der Waals surface area contributed by atoms with Crippen LogP contribution >= 0.6 is 11.8 Å². The molecule has 88 valence electrons. The minimum Gasteiger partial charge on any atom is -0.300 e. The van der Waals surface area contributed by atoms with Crippen LogP contribution in [0.4, 0.5) is 0 Å². The molecular formula is C15H16OS. The summed E-state index contributed by atoms with van der Waals surface area (Å²) in [6.45, 7) is 3.75. The zero-order valence-corrected chi connectivity index (χ0v) is 11.0. The van der Waals surface area contributed by atoms with Crippen LogP contribution in [-0.4, -0.2) is 11.0 Å². The first kappa shape index (κ1) is 12.2. The SMILES string of the molecule is CC(=O)CC(C)Sc1ccc2ccccc2c1. The summed E-state index contributed by atoms with van der Waals surface area (Å²) in [7, 11) is 0. The fourth-order valence-corrected chi connectivity index (χ4v) is 3.04. The van der Waals surface area contributed by atoms with Crippen molar-refractivity contribution in [1.29, 1.82) is 0 Å². The maximum Gasteiger partial charge on any atom is 0.130 e. The van der Waals surface area contributed by atoms with E-state index in [-0.39, 0.29) is 5.78 Å². The summed E-state index contributed by atoms with van der Waals surface area (Å²) in [6, 6.07) is 14.8. The van der Waals surface area contributed by atoms with E-state index in [0.29, 0.717) is 11.7 Å². The van der Waals surface area contributed by atoms with Gasteiger partial charge >= 0.3 is 0 Å². The highest BCUT2D eigenvalue weighted by Crippen LogP contribution is 2.28. The highest BCUT2D eigenvalue weighted by atomic mass is 32.2. The van der Waals surface area contributed by atoms with Crippen molar-refractivity contribution in [3.05, 3.63) is 42.5 Å². The van der Waals surface area contributed by atoms with Crippen LogP contribution in [0.2, 0.25) is 0 Å². The molecule has 0 aliphatic rings. The fraction of sp³-hybridized carbons (Fsp3) is 0.267. The predicted molar refractivity (Wildman–Crippen MR) is 74.6 cm³/mol. The van der Waals surface area contributed by atoms with Crippen molar-refractivity contribution in [2.45, 2.75) is 30.4 Å². The van der Waals surface area contributed by atoms with Gasteiger partial charge < -0.3 is 0 Å². The lowest BCUT2D eigenvalue weighted by molar-refractivity contribution is -0.116. The summed E-state index contributed by atoms with van der Waals surface area (Å²) >= 11 is 1.77. The van der Waals surface area contributed by atoms with Gasteiger partial charge in [0.1, 0.15) is 5.78 Å². The molecular weight excluding hydrogens is 228 g/mol. The molecule has 0 bridgehead atoms. The lowest BCUT2D eigenvalue weighted by atomic mass is 10.1. The highest BCUT2D eigenvalue weighted by molar-refractivity contribution is 8.00. The van der Waals surface area contributed by atoms with Gasteiger partial charge in [-0.3, -0.25) is 4.79 Å². The van der Waals surface area contributed by atoms with Gasteiger partial charge in [-0.15, -0.1) is 11.8 Å². The molecule has 0 heterocycles. The summed E-state index contributed by atoms with van der Waals surface area (Å²) < 4.78 is 0. The van der Waals surface area contributed by atoms with E-state index in [2.05, 4.69) is 43.3 Å². The Morgan fingerprint density at radius 3 is 2.59 bits per heavy atom. The quantitative estimate of drug-likeness (QED) is 0.746. The van der Waals surface area contributed by atoms with Gasteiger partial charge in [-0.2, -0.15) is 0 Å². The molecule has 0 N–H and O–H groups in total. The van der Waals surface area contributed by atoms with Crippen molar-refractivity contribution >= 4 is 28.3 Å². The standard InChI is InChI=1S/C15H16OS/c1-11(16)9-12(2)17-15-8-7-13-5-3-4-6-14(13)10-15/h3-8,10,12H,9H2,1-2H3. The van der Waals surface area contributed by atoms with Crippen LogP contribution in [-0.2, 0) is 4.79 Å². The van der Waals surface area contributed by atoms with Crippen LogP contribution in [0.5, 0.6) is 0 Å². The number of rotatable bonds is 4. The smallest absolute Gasteiger partial charge is 0.130 e. The zero-order valence-electron chi connectivity index (χ0n) is 10.1. The second kappa shape index (κ2) is 5.37. The van der Waals surface area contributed by atoms with Gasteiger partial charge in [-0.25, -0.2) is 0 Å². The number of hydrogen-bond donors (Lipinski definition) is 0. The van der Waals surface area contributed by atoms with Crippen LogP contribution < -0.4 is 0 Å². The van der Waals surface area contributed by atoms with E-state index in [9.17, 15) is 4.79 Å². The van der Waals surface area contributed by atoms with Crippen molar-refractivity contribution in [2.75, 3.05) is 0 Å². The normalized spacial score (nSPS) is 12.6. The first-order valence-electron chi connectivity index (χ1n) is 5.80. The zero-order chi connectivity index (χ0) is 12.3. The molecule has 0 radical (unpaired) electrons. The Hall–Kier alpha value is -1.28. The van der Waals surface area contributed by atoms with Gasteiger partial charge in [-0.1, -0.05) is 37.3 Å². The van der Waals surface area contributed by atoms with Gasteiger partial charge in [0, 0.05) is 16.6 Å². The number of carbonyl (C=O) groups is 1. The summed E-state index contributed by atoms with van der Waals surface area (Å²) in [5, 5.41) is 2.86. The molecule has 0 aliphatic heterocycles. The number of thioether (sulfide) groups is 1. The molecule has 2 aromatic rings. The van der Waals surface area contributed by atoms with E-state index < -0.39 is 0 Å². The third-order valence-electron chi connectivity index (χ3n) is 2.63. The highest BCUT2D eigenvalue weighted by Gasteiger charge is 2.07. The lowest BCUT2D eigenvalue weighted by Crippen LogP contribution is -2.02. The Morgan fingerprint density at radius 2 is 1.88 bits per heavy atom. The first-order valence-corrected chi connectivity index (χ1v) is 6.68. The molecule has 1 nitrogen and oxygen atoms in total. The Kier molecular flexibility index (Phi) is 3.85. The van der Waals surface area contributed by atoms with Crippen molar-refractivity contribution in [3.63, 3.8) is 0 Å². The first-order chi connectivity index (χ1) is 8.15. The van der Waals surface area contributed by atoms with Gasteiger partial charge in [0.15, 0.2) is 0 Å². The molecule has 1 unspecified atom stereocenters. The van der Waals surface area contributed by atoms with Crippen LogP contribution in [0.15, 0.2) is 47.4 Å². The molecule has 17 heavy (non-hydrogen) atoms. The molecule has 2 heteroatoms. The van der Waals surface area contributed by atoms with Gasteiger partial charge in [-0.05, 0) is 29.8 Å². The molecule has 0 aromatic heterocycles. The van der Waals surface area contributed by atoms with E-state index in [1.165, 1.54) is 15.7 Å². The van der Waals surface area contributed by atoms with E-state index in [4.69, 9.17) is 0 Å². The number of benzene rings is 2. The van der Waals surface area contributed by atoms with Crippen molar-refractivity contribution in [2.24, 2.45) is 0 Å². The summed E-state index contributed by atoms with van der Waals surface area (Å²) in [6.07, 6.45) is 0.636. The fourth-order valence-electron chi connectivity index (χ4n) is 1.92. The van der Waals surface area contributed by atoms with Crippen molar-refractivity contribution in [3.8, 4) is 0 Å². The lowest BCUT2D eigenvalue weighted by Gasteiger charge is -2.09. The number of hydrogen-bond acceptors (Lipinski definition) is 2. The molecule has 0 amide bonds. The van der Waals surface area contributed by atoms with E-state index in [0.717, 1.165) is 0 Å². The summed E-state index contributed by atoms with van der Waals surface area (Å²) in [5.74, 6) is 0.255. The van der Waals surface area contributed by atoms with Crippen LogP contribution in [0.25, 0.3) is 10.8 Å². The second-order valence-corrected chi connectivity index (χ2v) is 5.86. The summed E-state index contributed by atoms with van der Waals surface area (Å²) in [4.78, 5) is 12.3. The Labute approximate surface area is 106 Å². The molecule has 1 atom stereocenters. The largest absolute Gasteiger partial charge is 0.300 e. The Balaban J connectivity index is 2.16. The molecule has 0 aliphatic carbocycles. The van der Waals surface area contributed by atoms with E-state index in [1.807, 2.05) is 6.07 Å². The average molecular weight is 244 g/mol. The molecule has 2 aromatic carbocycles. The minimum absolute atomic E-state index is 0.255. The molecule has 0 fully saturated rings. The minimum atomic E-state index is 0.255. The van der Waals surface area contributed by atoms with Crippen LogP contribution in [0.3, 0.4) is 0 Å². The monoisotopic (exact) mass is 244 g/mol. The molecule has 0 spiro atoms. The summed E-state index contributed by atoms with van der Waals surface area (Å²) in [5.41, 5.74) is 0. The van der Waals surface area contributed by atoms with Gasteiger partial charge in [0.2, 0.25) is 0 Å². The topological polar surface area (TPSA) is 17.1 Å². The molecule has 0 saturated heterocycles. The van der Waals surface area contributed by atoms with Crippen LogP contribution in [0.1, 0.15) is 20.3 Å². The number of carbonyl (C=O) groups excluding carboxylic acids is 1. The Bertz CT molecular complexity index is 533. The van der Waals surface area contributed by atoms with E-state index in [1.54, 1.807) is 18.7 Å². The van der Waals surface area contributed by atoms with Crippen molar-refractivity contribution in [1.82, 2.24) is 0 Å². The van der Waals surface area contributed by atoms with Crippen LogP contribution in [0, 0.1) is 0 Å². The average Bonchev–Trinajstić information content (AvgIpc) is 2.27. The number of fused-ring (bicyclic) bond motifs is 1. The van der Waals surface area contributed by atoms with Crippen molar-refractivity contribution < 1.29 is 4.79 Å². The third-order valence-corrected chi connectivity index (χ3v) is 3.73. The van der Waals surface area contributed by atoms with Gasteiger partial charge in [0.05, 0.1) is 0 Å². The van der Waals surface area contributed by atoms with E-state index >= 15 is 0 Å². The second-order valence-electron chi connectivity index (χ2n) is 4.34. The van der Waals surface area contributed by atoms with Gasteiger partial charge in [0.25, 0.3) is 0 Å². The Morgan fingerprint density at radius 1 is 1.18 bits per heavy atom. The number of Topliss-reactive ketones (excluding diaryl/α,β-unsaturated/α-hetero) is 1. The molecule has 2 rings (SSSR count). The maximum atomic E-state index is 11.0. The maximum absolute atomic E-state index is 11.0.